The van der Waals surface area contributed by atoms with Crippen molar-refractivity contribution in [3.63, 3.8) is 0 Å². The topological polar surface area (TPSA) is 48.9 Å². The van der Waals surface area contributed by atoms with Gasteiger partial charge in [0, 0.05) is 25.2 Å². The molecule has 0 aliphatic carbocycles. The summed E-state index contributed by atoms with van der Waals surface area (Å²) < 4.78 is 41.6. The second-order valence-corrected chi connectivity index (χ2v) is 6.28. The van der Waals surface area contributed by atoms with Gasteiger partial charge >= 0.3 is 6.36 Å². The van der Waals surface area contributed by atoms with Crippen molar-refractivity contribution in [3.05, 3.63) is 29.8 Å². The normalized spacial score (nSPS) is 18.8. The van der Waals surface area contributed by atoms with Gasteiger partial charge in [-0.15, -0.1) is 13.2 Å². The van der Waals surface area contributed by atoms with E-state index in [0.29, 0.717) is 24.0 Å². The van der Waals surface area contributed by atoms with Crippen LogP contribution in [0.25, 0.3) is 0 Å². The van der Waals surface area contributed by atoms with E-state index in [9.17, 15) is 13.2 Å². The summed E-state index contributed by atoms with van der Waals surface area (Å²) in [5.74, 6) is 0.942. The Bertz CT molecular complexity index is 592. The van der Waals surface area contributed by atoms with Gasteiger partial charge in [-0.1, -0.05) is 25.1 Å². The number of hydrogen-bond acceptors (Lipinski definition) is 3. The Kier molecular flexibility index (Phi) is 7.56. The van der Waals surface area contributed by atoms with Crippen molar-refractivity contribution in [2.45, 2.75) is 33.2 Å². The monoisotopic (exact) mass is 372 g/mol. The Morgan fingerprint density at radius 1 is 1.27 bits per heavy atom. The van der Waals surface area contributed by atoms with E-state index in [2.05, 4.69) is 32.2 Å². The molecule has 2 N–H and O–H groups in total. The van der Waals surface area contributed by atoms with E-state index in [1.165, 1.54) is 12.1 Å². The molecule has 0 bridgehead atoms. The van der Waals surface area contributed by atoms with Gasteiger partial charge in [0.1, 0.15) is 5.75 Å². The lowest BCUT2D eigenvalue weighted by atomic mass is 10.1. The first-order valence-corrected chi connectivity index (χ1v) is 8.99. The Morgan fingerprint density at radius 3 is 2.69 bits per heavy atom. The van der Waals surface area contributed by atoms with E-state index in [4.69, 9.17) is 0 Å². The van der Waals surface area contributed by atoms with Crippen molar-refractivity contribution in [2.24, 2.45) is 10.9 Å². The third kappa shape index (κ3) is 6.74. The number of alkyl halides is 3. The number of para-hydroxylation sites is 1. The highest BCUT2D eigenvalue weighted by molar-refractivity contribution is 5.79. The van der Waals surface area contributed by atoms with Crippen LogP contribution in [0, 0.1) is 5.92 Å². The van der Waals surface area contributed by atoms with E-state index in [1.807, 2.05) is 6.92 Å². The maximum Gasteiger partial charge on any atom is 0.573 e. The minimum atomic E-state index is -4.71. The molecule has 0 spiro atoms. The summed E-state index contributed by atoms with van der Waals surface area (Å²) in [6.07, 6.45) is -3.57. The van der Waals surface area contributed by atoms with Gasteiger partial charge in [-0.25, -0.2) is 4.99 Å². The maximum atomic E-state index is 12.5. The molecular weight excluding hydrogens is 345 g/mol. The number of benzene rings is 1. The standard InChI is InChI=1S/C18H27F3N4O/c1-3-22-17(23-11-14-9-10-25(4-2)13-14)24-12-15-7-5-6-8-16(15)26-18(19,20)21/h5-8,14H,3-4,9-13H2,1-2H3,(H2,22,23,24). The van der Waals surface area contributed by atoms with Crippen molar-refractivity contribution in [2.75, 3.05) is 32.7 Å². The first-order valence-electron chi connectivity index (χ1n) is 8.99. The molecule has 2 rings (SSSR count). The molecule has 1 aromatic carbocycles. The highest BCUT2D eigenvalue weighted by Gasteiger charge is 2.31. The van der Waals surface area contributed by atoms with Crippen LogP contribution in [-0.4, -0.2) is 49.9 Å². The fourth-order valence-electron chi connectivity index (χ4n) is 2.97. The number of aliphatic imine (C=N–C) groups is 1. The second-order valence-electron chi connectivity index (χ2n) is 6.28. The lowest BCUT2D eigenvalue weighted by Gasteiger charge is -2.16. The zero-order chi connectivity index (χ0) is 19.0. The lowest BCUT2D eigenvalue weighted by Crippen LogP contribution is -2.40. The third-order valence-electron chi connectivity index (χ3n) is 4.33. The maximum absolute atomic E-state index is 12.5. The van der Waals surface area contributed by atoms with Crippen LogP contribution in [0.1, 0.15) is 25.8 Å². The zero-order valence-electron chi connectivity index (χ0n) is 15.3. The van der Waals surface area contributed by atoms with Crippen molar-refractivity contribution in [3.8, 4) is 5.75 Å². The molecule has 0 aromatic heterocycles. The highest BCUT2D eigenvalue weighted by atomic mass is 19.4. The Hall–Kier alpha value is -1.96. The van der Waals surface area contributed by atoms with Crippen molar-refractivity contribution >= 4 is 5.96 Å². The average Bonchev–Trinajstić information content (AvgIpc) is 3.05. The van der Waals surface area contributed by atoms with Crippen LogP contribution < -0.4 is 15.4 Å². The van der Waals surface area contributed by atoms with Gasteiger partial charge in [0.15, 0.2) is 5.96 Å². The summed E-state index contributed by atoms with van der Waals surface area (Å²) in [7, 11) is 0. The van der Waals surface area contributed by atoms with Crippen LogP contribution in [0.3, 0.4) is 0 Å². The van der Waals surface area contributed by atoms with Gasteiger partial charge < -0.3 is 20.3 Å². The fourth-order valence-corrected chi connectivity index (χ4v) is 2.97. The number of halogens is 3. The van der Waals surface area contributed by atoms with E-state index >= 15 is 0 Å². The number of hydrogen-bond donors (Lipinski definition) is 2. The minimum Gasteiger partial charge on any atom is -0.405 e. The summed E-state index contributed by atoms with van der Waals surface area (Å²) >= 11 is 0. The number of likely N-dealkylation sites (tertiary alicyclic amines) is 1. The Balaban J connectivity index is 1.96. The van der Waals surface area contributed by atoms with Gasteiger partial charge in [0.2, 0.25) is 0 Å². The van der Waals surface area contributed by atoms with Gasteiger partial charge in [-0.3, -0.25) is 0 Å². The van der Waals surface area contributed by atoms with E-state index in [1.54, 1.807) is 12.1 Å². The summed E-state index contributed by atoms with van der Waals surface area (Å²) in [4.78, 5) is 6.81. The summed E-state index contributed by atoms with van der Waals surface area (Å²) in [5, 5.41) is 6.43. The van der Waals surface area contributed by atoms with Crippen LogP contribution in [0.15, 0.2) is 29.3 Å². The molecule has 1 heterocycles. The Morgan fingerprint density at radius 2 is 2.04 bits per heavy atom. The predicted octanol–water partition coefficient (Wildman–Crippen LogP) is 2.98. The summed E-state index contributed by atoms with van der Waals surface area (Å²) in [5.41, 5.74) is 0.389. The number of guanidine groups is 1. The van der Waals surface area contributed by atoms with E-state index < -0.39 is 6.36 Å². The first-order chi connectivity index (χ1) is 12.4. The largest absolute Gasteiger partial charge is 0.573 e. The molecular formula is C18H27F3N4O. The summed E-state index contributed by atoms with van der Waals surface area (Å²) in [6.45, 7) is 8.91. The smallest absolute Gasteiger partial charge is 0.405 e. The first kappa shape index (κ1) is 20.4. The predicted molar refractivity (Wildman–Crippen MR) is 96.2 cm³/mol. The molecule has 1 fully saturated rings. The molecule has 26 heavy (non-hydrogen) atoms. The van der Waals surface area contributed by atoms with Crippen LogP contribution in [0.2, 0.25) is 0 Å². The molecule has 0 radical (unpaired) electrons. The van der Waals surface area contributed by atoms with Crippen molar-refractivity contribution in [1.82, 2.24) is 15.5 Å². The van der Waals surface area contributed by atoms with Crippen molar-refractivity contribution < 1.29 is 17.9 Å². The molecule has 5 nitrogen and oxygen atoms in total. The molecule has 1 saturated heterocycles. The van der Waals surface area contributed by atoms with Gasteiger partial charge in [-0.2, -0.15) is 0 Å². The van der Waals surface area contributed by atoms with Gasteiger partial charge in [-0.05, 0) is 38.4 Å². The van der Waals surface area contributed by atoms with Crippen LogP contribution in [0.4, 0.5) is 13.2 Å². The second kappa shape index (κ2) is 9.66. The highest BCUT2D eigenvalue weighted by Crippen LogP contribution is 2.26. The third-order valence-corrected chi connectivity index (χ3v) is 4.33. The molecule has 8 heteroatoms. The molecule has 1 aromatic rings. The van der Waals surface area contributed by atoms with Gasteiger partial charge in [0.25, 0.3) is 0 Å². The van der Waals surface area contributed by atoms with Crippen LogP contribution in [0.5, 0.6) is 5.75 Å². The molecule has 146 valence electrons. The minimum absolute atomic E-state index is 0.105. The number of ether oxygens (including phenoxy) is 1. The molecule has 1 atom stereocenters. The summed E-state index contributed by atoms with van der Waals surface area (Å²) in [6, 6.07) is 6.07. The lowest BCUT2D eigenvalue weighted by molar-refractivity contribution is -0.274. The number of rotatable bonds is 7. The van der Waals surface area contributed by atoms with Crippen molar-refractivity contribution in [1.29, 1.82) is 0 Å². The van der Waals surface area contributed by atoms with E-state index in [-0.39, 0.29) is 12.3 Å². The zero-order valence-corrected chi connectivity index (χ0v) is 15.3. The number of nitrogens with one attached hydrogen (secondary N) is 2. The Labute approximate surface area is 152 Å². The average molecular weight is 372 g/mol. The van der Waals surface area contributed by atoms with Crippen LogP contribution >= 0.6 is 0 Å². The fraction of sp³-hybridized carbons (Fsp3) is 0.611. The molecule has 1 aliphatic rings. The molecule has 0 amide bonds. The van der Waals surface area contributed by atoms with Crippen LogP contribution in [-0.2, 0) is 6.54 Å². The van der Waals surface area contributed by atoms with E-state index in [0.717, 1.165) is 32.6 Å². The molecule has 1 unspecified atom stereocenters. The van der Waals surface area contributed by atoms with Gasteiger partial charge in [0.05, 0.1) is 6.54 Å². The molecule has 1 aliphatic heterocycles. The quantitative estimate of drug-likeness (QED) is 0.571. The molecule has 0 saturated carbocycles. The SMILES string of the molecule is CCNC(=NCc1ccccc1OC(F)(F)F)NCC1CCN(CC)C1. The number of nitrogens with zero attached hydrogens (tertiary/aromatic N) is 2.